The minimum absolute atomic E-state index is 0.120. The molecule has 2 N–H and O–H groups in total. The van der Waals surface area contributed by atoms with Crippen LogP contribution in [-0.4, -0.2) is 30.6 Å². The van der Waals surface area contributed by atoms with Crippen LogP contribution >= 0.6 is 22.6 Å². The number of aromatic nitrogens is 2. The fourth-order valence-corrected chi connectivity index (χ4v) is 9.34. The maximum atomic E-state index is 12.3. The number of hydrogen-bond acceptors (Lipinski definition) is 5. The number of nitrogens with two attached hydrogens (primary N) is 1. The van der Waals surface area contributed by atoms with Crippen molar-refractivity contribution in [3.63, 3.8) is 0 Å². The van der Waals surface area contributed by atoms with Gasteiger partial charge in [-0.1, -0.05) is 87.5 Å². The van der Waals surface area contributed by atoms with Gasteiger partial charge in [0.15, 0.2) is 6.23 Å². The minimum atomic E-state index is -2.66. The Kier molecular flexibility index (Phi) is 6.90. The number of hydrogen-bond donors (Lipinski definition) is 1. The molecule has 2 atom stereocenters. The molecule has 0 radical (unpaired) electrons. The first-order valence-electron chi connectivity index (χ1n) is 10.9. The van der Waals surface area contributed by atoms with Crippen LogP contribution in [0.5, 0.6) is 0 Å². The van der Waals surface area contributed by atoms with Crippen LogP contribution in [0.1, 0.15) is 27.0 Å². The Hall–Kier alpha value is -2.27. The molecule has 0 saturated carbocycles. The first-order valence-corrected chi connectivity index (χ1v) is 13.8. The second-order valence-electron chi connectivity index (χ2n) is 9.09. The molecule has 1 aliphatic heterocycles. The van der Waals surface area contributed by atoms with E-state index >= 15 is 0 Å². The highest BCUT2D eigenvalue weighted by molar-refractivity contribution is 14.1. The van der Waals surface area contributed by atoms with Crippen molar-refractivity contribution in [3.8, 4) is 0 Å². The van der Waals surface area contributed by atoms with Gasteiger partial charge in [0.25, 0.3) is 8.32 Å². The van der Waals surface area contributed by atoms with E-state index in [-0.39, 0.29) is 17.0 Å². The van der Waals surface area contributed by atoms with Gasteiger partial charge in [0, 0.05) is 6.20 Å². The molecule has 0 aliphatic carbocycles. The molecule has 0 unspecified atom stereocenters. The summed E-state index contributed by atoms with van der Waals surface area (Å²) in [6.45, 7) is 7.12. The normalized spacial score (nSPS) is 18.5. The van der Waals surface area contributed by atoms with Crippen molar-refractivity contribution in [2.45, 2.75) is 38.1 Å². The molecular formula is C25H28IN3O3Si. The predicted octanol–water partition coefficient (Wildman–Crippen LogP) is 3.46. The summed E-state index contributed by atoms with van der Waals surface area (Å²) in [6, 6.07) is 21.0. The van der Waals surface area contributed by atoms with Gasteiger partial charge in [-0.25, -0.2) is 4.79 Å². The second-order valence-corrected chi connectivity index (χ2v) is 14.6. The molecule has 0 fully saturated rings. The van der Waals surface area contributed by atoms with Crippen molar-refractivity contribution in [3.05, 3.63) is 93.1 Å². The fraction of sp³-hybridized carbons (Fsp3) is 0.280. The highest BCUT2D eigenvalue weighted by Gasteiger charge is 2.50. The van der Waals surface area contributed by atoms with Gasteiger partial charge in [0.05, 0.1) is 10.2 Å². The van der Waals surface area contributed by atoms with Crippen LogP contribution in [-0.2, 0) is 9.16 Å². The third-order valence-corrected chi connectivity index (χ3v) is 11.7. The van der Waals surface area contributed by atoms with Crippen molar-refractivity contribution in [1.29, 1.82) is 0 Å². The Morgan fingerprint density at radius 3 is 2.18 bits per heavy atom. The number of ether oxygens (including phenoxy) is 1. The Labute approximate surface area is 208 Å². The maximum absolute atomic E-state index is 12.3. The topological polar surface area (TPSA) is 79.4 Å². The van der Waals surface area contributed by atoms with Gasteiger partial charge in [0.2, 0.25) is 0 Å². The first kappa shape index (κ1) is 23.9. The Balaban J connectivity index is 1.62. The van der Waals surface area contributed by atoms with Gasteiger partial charge in [-0.2, -0.15) is 4.98 Å². The monoisotopic (exact) mass is 573 g/mol. The number of anilines is 1. The lowest BCUT2D eigenvalue weighted by molar-refractivity contribution is -0.00711. The molecule has 0 spiro atoms. The van der Waals surface area contributed by atoms with E-state index in [1.54, 1.807) is 6.20 Å². The van der Waals surface area contributed by atoms with Crippen molar-refractivity contribution >= 4 is 47.1 Å². The minimum Gasteiger partial charge on any atom is -0.404 e. The quantitative estimate of drug-likeness (QED) is 0.278. The van der Waals surface area contributed by atoms with E-state index in [4.69, 9.17) is 14.9 Å². The molecule has 33 heavy (non-hydrogen) atoms. The van der Waals surface area contributed by atoms with Crippen LogP contribution in [0, 0.1) is 3.57 Å². The van der Waals surface area contributed by atoms with Gasteiger partial charge >= 0.3 is 5.69 Å². The number of nitrogen functional groups attached to an aromatic ring is 1. The van der Waals surface area contributed by atoms with Crippen LogP contribution in [0.3, 0.4) is 0 Å². The summed E-state index contributed by atoms with van der Waals surface area (Å²) < 4.78 is 15.3. The Bertz CT molecular complexity index is 1150. The number of benzene rings is 2. The summed E-state index contributed by atoms with van der Waals surface area (Å²) in [6.07, 6.45) is 4.68. The molecule has 4 rings (SSSR count). The van der Waals surface area contributed by atoms with Crippen molar-refractivity contribution in [2.24, 2.45) is 0 Å². The zero-order chi connectivity index (χ0) is 23.6. The van der Waals surface area contributed by atoms with Gasteiger partial charge in [-0.3, -0.25) is 4.57 Å². The van der Waals surface area contributed by atoms with E-state index < -0.39 is 20.2 Å². The van der Waals surface area contributed by atoms with E-state index in [2.05, 4.69) is 96.9 Å². The van der Waals surface area contributed by atoms with Gasteiger partial charge in [-0.15, -0.1) is 0 Å². The third-order valence-electron chi connectivity index (χ3n) is 5.89. The lowest BCUT2D eigenvalue weighted by atomic mass is 10.2. The molecule has 1 aliphatic rings. The van der Waals surface area contributed by atoms with Gasteiger partial charge < -0.3 is 14.9 Å². The summed E-state index contributed by atoms with van der Waals surface area (Å²) in [5.74, 6) is 0.227. The fourth-order valence-electron chi connectivity index (χ4n) is 4.35. The van der Waals surface area contributed by atoms with Gasteiger partial charge in [0.1, 0.15) is 11.9 Å². The van der Waals surface area contributed by atoms with E-state index in [1.165, 1.54) is 14.9 Å². The van der Waals surface area contributed by atoms with Crippen LogP contribution in [0.2, 0.25) is 5.04 Å². The molecule has 0 saturated heterocycles. The zero-order valence-electron chi connectivity index (χ0n) is 18.9. The molecule has 2 heterocycles. The smallest absolute Gasteiger partial charge is 0.351 e. The highest BCUT2D eigenvalue weighted by atomic mass is 127. The molecule has 2 aromatic carbocycles. The summed E-state index contributed by atoms with van der Waals surface area (Å²) in [5, 5.41) is 2.32. The SMILES string of the molecule is CC(C)(C)[Si](OC[C@@H]1C=C[C@H](n2cc(I)c(N)nc2=O)O1)(c1ccccc1)c1ccccc1. The first-order chi connectivity index (χ1) is 15.7. The standard InChI is InChI=1S/C25H28IN3O3Si/c1-25(2,3)33(19-10-6-4-7-11-19,20-12-8-5-9-13-20)31-17-18-14-15-22(32-18)29-16-21(26)23(27)28-24(29)30/h4-16,18,22H,17H2,1-3H3,(H2,27,28,30)/t18-,22+/m0/s1. The zero-order valence-corrected chi connectivity index (χ0v) is 22.1. The van der Waals surface area contributed by atoms with E-state index in [0.29, 0.717) is 10.2 Å². The average molecular weight is 574 g/mol. The average Bonchev–Trinajstić information content (AvgIpc) is 3.26. The molecule has 8 heteroatoms. The second kappa shape index (κ2) is 9.53. The van der Waals surface area contributed by atoms with Crippen LogP contribution < -0.4 is 21.8 Å². The number of rotatable bonds is 6. The molecule has 172 valence electrons. The van der Waals surface area contributed by atoms with E-state index in [0.717, 1.165) is 0 Å². The Morgan fingerprint density at radius 2 is 1.64 bits per heavy atom. The van der Waals surface area contributed by atoms with Crippen LogP contribution in [0.15, 0.2) is 83.8 Å². The van der Waals surface area contributed by atoms with Gasteiger partial charge in [-0.05, 0) is 44.1 Å². The maximum Gasteiger partial charge on any atom is 0.351 e. The van der Waals surface area contributed by atoms with Crippen LogP contribution in [0.25, 0.3) is 0 Å². The van der Waals surface area contributed by atoms with Crippen LogP contribution in [0.4, 0.5) is 5.82 Å². The lowest BCUT2D eigenvalue weighted by Gasteiger charge is -2.43. The summed E-state index contributed by atoms with van der Waals surface area (Å²) in [7, 11) is -2.66. The molecule has 0 amide bonds. The van der Waals surface area contributed by atoms with E-state index in [9.17, 15) is 4.79 Å². The lowest BCUT2D eigenvalue weighted by Crippen LogP contribution is -2.67. The summed E-state index contributed by atoms with van der Waals surface area (Å²) in [5.41, 5.74) is 5.32. The van der Waals surface area contributed by atoms with Crippen molar-refractivity contribution < 1.29 is 9.16 Å². The molecule has 1 aromatic heterocycles. The predicted molar refractivity (Wildman–Crippen MR) is 142 cm³/mol. The van der Waals surface area contributed by atoms with Crippen molar-refractivity contribution in [1.82, 2.24) is 9.55 Å². The molecule has 3 aromatic rings. The van der Waals surface area contributed by atoms with Crippen molar-refractivity contribution in [2.75, 3.05) is 12.3 Å². The highest BCUT2D eigenvalue weighted by Crippen LogP contribution is 2.37. The largest absolute Gasteiger partial charge is 0.404 e. The third kappa shape index (κ3) is 4.70. The number of nitrogens with zero attached hydrogens (tertiary/aromatic N) is 2. The number of halogens is 1. The molecular weight excluding hydrogens is 545 g/mol. The van der Waals surface area contributed by atoms with E-state index in [1.807, 2.05) is 24.3 Å². The summed E-state index contributed by atoms with van der Waals surface area (Å²) in [4.78, 5) is 16.2. The molecule has 6 nitrogen and oxygen atoms in total. The Morgan fingerprint density at radius 1 is 1.06 bits per heavy atom. The molecule has 0 bridgehead atoms. The summed E-state index contributed by atoms with van der Waals surface area (Å²) >= 11 is 2.06.